The van der Waals surface area contributed by atoms with Gasteiger partial charge in [-0.1, -0.05) is 0 Å². The minimum absolute atomic E-state index is 0. The average molecular weight is 286 g/mol. The van der Waals surface area contributed by atoms with Crippen LogP contribution in [0.4, 0.5) is 0 Å². The Kier molecular flexibility index (Phi) is 6.24. The van der Waals surface area contributed by atoms with Gasteiger partial charge in [0.25, 0.3) is 0 Å². The molecule has 0 aromatic carbocycles. The summed E-state index contributed by atoms with van der Waals surface area (Å²) >= 11 is 0. The first kappa shape index (κ1) is 18.5. The second-order valence-electron chi connectivity index (χ2n) is 5.63. The normalized spacial score (nSPS) is 18.6. The molecule has 2 heterocycles. The molecule has 0 unspecified atom stereocenters. The highest BCUT2D eigenvalue weighted by atomic mass is 16.0. The van der Waals surface area contributed by atoms with Crippen molar-refractivity contribution in [2.24, 2.45) is 20.2 Å². The average Bonchev–Trinajstić information content (AvgIpc) is 2.99. The summed E-state index contributed by atoms with van der Waals surface area (Å²) in [7, 11) is 0. The van der Waals surface area contributed by atoms with Crippen LogP contribution in [0.5, 0.6) is 0 Å². The van der Waals surface area contributed by atoms with Crippen molar-refractivity contribution >= 4 is 11.7 Å². The van der Waals surface area contributed by atoms with E-state index in [9.17, 15) is 0 Å². The van der Waals surface area contributed by atoms with Crippen molar-refractivity contribution in [3.8, 4) is 0 Å². The molecule has 2 rings (SSSR count). The number of nitrogens with zero attached hydrogens (tertiary/aromatic N) is 4. The Morgan fingerprint density at radius 3 is 1.40 bits per heavy atom. The summed E-state index contributed by atoms with van der Waals surface area (Å²) < 4.78 is 0. The summed E-state index contributed by atoms with van der Waals surface area (Å²) in [6, 6.07) is 0. The molecule has 0 amide bonds. The molecule has 0 bridgehead atoms. The lowest BCUT2D eigenvalue weighted by molar-refractivity contribution is 0.552. The first-order chi connectivity index (χ1) is 8.42. The number of rotatable bonds is 4. The molecule has 0 atom stereocenters. The van der Waals surface area contributed by atoms with Crippen molar-refractivity contribution in [2.75, 3.05) is 26.2 Å². The molecule has 8 nitrogen and oxygen atoms in total. The van der Waals surface area contributed by atoms with E-state index in [0.717, 1.165) is 37.9 Å². The number of amidine groups is 2. The van der Waals surface area contributed by atoms with Gasteiger partial charge >= 0.3 is 0 Å². The zero-order valence-corrected chi connectivity index (χ0v) is 12.6. The molecule has 8 heteroatoms. The van der Waals surface area contributed by atoms with E-state index in [0.29, 0.717) is 0 Å². The van der Waals surface area contributed by atoms with Gasteiger partial charge in [0.1, 0.15) is 22.7 Å². The van der Waals surface area contributed by atoms with Gasteiger partial charge in [0.15, 0.2) is 0 Å². The van der Waals surface area contributed by atoms with Crippen LogP contribution in [0.25, 0.3) is 0 Å². The third-order valence-electron chi connectivity index (χ3n) is 3.06. The lowest BCUT2D eigenvalue weighted by atomic mass is 10.0. The van der Waals surface area contributed by atoms with Gasteiger partial charge in [-0.15, -0.1) is 0 Å². The van der Waals surface area contributed by atoms with Crippen LogP contribution in [-0.4, -0.2) is 59.9 Å². The molecule has 6 N–H and O–H groups in total. The second kappa shape index (κ2) is 6.76. The third kappa shape index (κ3) is 3.97. The van der Waals surface area contributed by atoms with Gasteiger partial charge in [0, 0.05) is 13.1 Å². The minimum Gasteiger partial charge on any atom is -0.412 e. The summed E-state index contributed by atoms with van der Waals surface area (Å²) in [5.74, 6) is 1.84. The van der Waals surface area contributed by atoms with Crippen molar-refractivity contribution in [2.45, 2.75) is 38.8 Å². The zero-order chi connectivity index (χ0) is 13.2. The van der Waals surface area contributed by atoms with E-state index < -0.39 is 11.1 Å². The number of hydrogen-bond donors (Lipinski definition) is 2. The van der Waals surface area contributed by atoms with Crippen molar-refractivity contribution in [1.82, 2.24) is 10.6 Å². The van der Waals surface area contributed by atoms with Crippen molar-refractivity contribution in [3.05, 3.63) is 0 Å². The Morgan fingerprint density at radius 2 is 1.15 bits per heavy atom. The molecule has 0 aromatic rings. The van der Waals surface area contributed by atoms with Crippen LogP contribution in [0.2, 0.25) is 0 Å². The van der Waals surface area contributed by atoms with Crippen LogP contribution in [-0.2, 0) is 0 Å². The second-order valence-corrected chi connectivity index (χ2v) is 5.63. The highest BCUT2D eigenvalue weighted by Gasteiger charge is 2.31. The molecule has 0 fully saturated rings. The summed E-state index contributed by atoms with van der Waals surface area (Å²) in [5, 5.41) is 15.4. The van der Waals surface area contributed by atoms with Gasteiger partial charge in [-0.05, 0) is 27.7 Å². The van der Waals surface area contributed by atoms with Gasteiger partial charge in [-0.25, -0.2) is 0 Å². The molecule has 0 aliphatic carbocycles. The molecule has 2 aliphatic rings. The van der Waals surface area contributed by atoms with E-state index in [2.05, 4.69) is 30.8 Å². The third-order valence-corrected chi connectivity index (χ3v) is 3.06. The highest BCUT2D eigenvalue weighted by Crippen LogP contribution is 2.19. The van der Waals surface area contributed by atoms with E-state index in [1.807, 2.05) is 27.7 Å². The van der Waals surface area contributed by atoms with Crippen LogP contribution < -0.4 is 10.6 Å². The standard InChI is InChI=1S/C12H22N6.2H2O/c1-11(2,9-13-5-6-14-9)17-18-12(3,4)10-15-7-8-16-10;;/h5-8H2,1-4H3,(H,13,14)(H,15,16);2*1H2/b18-17+;;. The van der Waals surface area contributed by atoms with Gasteiger partial charge in [-0.3, -0.25) is 9.98 Å². The molecule has 0 spiro atoms. The van der Waals surface area contributed by atoms with Gasteiger partial charge in [-0.2, -0.15) is 10.2 Å². The largest absolute Gasteiger partial charge is 0.412 e. The zero-order valence-electron chi connectivity index (χ0n) is 12.6. The Morgan fingerprint density at radius 1 is 0.800 bits per heavy atom. The lowest BCUT2D eigenvalue weighted by Crippen LogP contribution is -2.41. The van der Waals surface area contributed by atoms with Crippen LogP contribution in [0.15, 0.2) is 20.2 Å². The Hall–Kier alpha value is -1.54. The molecular formula is C12H26N6O2. The summed E-state index contributed by atoms with van der Waals surface area (Å²) in [4.78, 5) is 8.82. The first-order valence-corrected chi connectivity index (χ1v) is 6.43. The quantitative estimate of drug-likeness (QED) is 0.664. The predicted molar refractivity (Wildman–Crippen MR) is 80.9 cm³/mol. The molecule has 2 aliphatic heterocycles. The number of hydrogen-bond acceptors (Lipinski definition) is 6. The van der Waals surface area contributed by atoms with E-state index in [4.69, 9.17) is 0 Å². The van der Waals surface area contributed by atoms with E-state index in [1.54, 1.807) is 0 Å². The lowest BCUT2D eigenvalue weighted by Gasteiger charge is -2.23. The molecule has 116 valence electrons. The number of aliphatic imine (C=N–C) groups is 2. The predicted octanol–water partition coefficient (Wildman–Crippen LogP) is -0.650. The minimum atomic E-state index is -0.396. The van der Waals surface area contributed by atoms with E-state index >= 15 is 0 Å². The Balaban J connectivity index is 0.00000180. The van der Waals surface area contributed by atoms with E-state index in [-0.39, 0.29) is 11.0 Å². The van der Waals surface area contributed by atoms with Crippen molar-refractivity contribution in [3.63, 3.8) is 0 Å². The van der Waals surface area contributed by atoms with Crippen LogP contribution in [0.3, 0.4) is 0 Å². The van der Waals surface area contributed by atoms with Crippen molar-refractivity contribution in [1.29, 1.82) is 0 Å². The smallest absolute Gasteiger partial charge is 0.133 e. The first-order valence-electron chi connectivity index (χ1n) is 6.43. The highest BCUT2D eigenvalue weighted by molar-refractivity contribution is 5.93. The summed E-state index contributed by atoms with van der Waals surface area (Å²) in [6.07, 6.45) is 0. The number of nitrogens with one attached hydrogen (secondary N) is 2. The maximum absolute atomic E-state index is 4.47. The maximum Gasteiger partial charge on any atom is 0.133 e. The molecule has 0 saturated heterocycles. The Bertz CT molecular complexity index is 376. The van der Waals surface area contributed by atoms with Gasteiger partial charge < -0.3 is 21.6 Å². The van der Waals surface area contributed by atoms with Gasteiger partial charge in [0.2, 0.25) is 0 Å². The summed E-state index contributed by atoms with van der Waals surface area (Å²) in [5.41, 5.74) is -0.792. The maximum atomic E-state index is 4.47. The van der Waals surface area contributed by atoms with Crippen LogP contribution >= 0.6 is 0 Å². The molecule has 0 aromatic heterocycles. The van der Waals surface area contributed by atoms with Crippen LogP contribution in [0, 0.1) is 0 Å². The fourth-order valence-electron chi connectivity index (χ4n) is 1.96. The fourth-order valence-corrected chi connectivity index (χ4v) is 1.96. The topological polar surface area (TPSA) is 136 Å². The molecule has 0 saturated carbocycles. The molecular weight excluding hydrogens is 260 g/mol. The summed E-state index contributed by atoms with van der Waals surface area (Å²) in [6.45, 7) is 11.5. The number of azo groups is 1. The van der Waals surface area contributed by atoms with Gasteiger partial charge in [0.05, 0.1) is 13.1 Å². The van der Waals surface area contributed by atoms with Crippen molar-refractivity contribution < 1.29 is 11.0 Å². The van der Waals surface area contributed by atoms with E-state index in [1.165, 1.54) is 0 Å². The SMILES string of the molecule is CC(C)(/N=N/C(C)(C)C1=NCCN1)C1=NCCN1.O.O. The Labute approximate surface area is 119 Å². The van der Waals surface area contributed by atoms with Crippen LogP contribution in [0.1, 0.15) is 27.7 Å². The monoisotopic (exact) mass is 286 g/mol. The molecule has 20 heavy (non-hydrogen) atoms. The molecule has 0 radical (unpaired) electrons. The fraction of sp³-hybridized carbons (Fsp3) is 0.833.